The van der Waals surface area contributed by atoms with Gasteiger partial charge in [-0.2, -0.15) is 0 Å². The van der Waals surface area contributed by atoms with Crippen molar-refractivity contribution in [3.05, 3.63) is 29.3 Å². The highest BCUT2D eigenvalue weighted by molar-refractivity contribution is 7.89. The highest BCUT2D eigenvalue weighted by atomic mass is 32.2. The van der Waals surface area contributed by atoms with E-state index in [-0.39, 0.29) is 23.0 Å². The summed E-state index contributed by atoms with van der Waals surface area (Å²) in [5.41, 5.74) is 0.866. The average Bonchev–Trinajstić information content (AvgIpc) is 2.36. The predicted molar refractivity (Wildman–Crippen MR) is 71.2 cm³/mol. The number of sulfonamides is 1. The minimum atomic E-state index is -3.86. The Bertz CT molecular complexity index is 569. The van der Waals surface area contributed by atoms with E-state index in [1.54, 1.807) is 13.1 Å². The van der Waals surface area contributed by atoms with Gasteiger partial charge in [0.25, 0.3) is 5.91 Å². The molecule has 19 heavy (non-hydrogen) atoms. The van der Waals surface area contributed by atoms with E-state index in [2.05, 4.69) is 0 Å². The van der Waals surface area contributed by atoms with Crippen LogP contribution in [0, 0.1) is 0 Å². The standard InChI is InChI=1S/C12H18N2O4S/c1-4-14(2)12(15)10-5-9(8-18-3)6-11(7-10)19(13,16)17/h5-7H,4,8H2,1-3H3,(H2,13,16,17). The molecule has 106 valence electrons. The average molecular weight is 286 g/mol. The zero-order chi connectivity index (χ0) is 14.6. The second-order valence-corrected chi connectivity index (χ2v) is 5.72. The van der Waals surface area contributed by atoms with Crippen molar-refractivity contribution in [2.75, 3.05) is 20.7 Å². The summed E-state index contributed by atoms with van der Waals surface area (Å²) in [5, 5.41) is 5.11. The molecule has 0 heterocycles. The number of hydrogen-bond donors (Lipinski definition) is 1. The first-order chi connectivity index (χ1) is 8.79. The first-order valence-corrected chi connectivity index (χ1v) is 7.25. The number of primary sulfonamides is 1. The normalized spacial score (nSPS) is 11.4. The van der Waals surface area contributed by atoms with Gasteiger partial charge in [-0.25, -0.2) is 13.6 Å². The Kier molecular flexibility index (Phi) is 5.04. The lowest BCUT2D eigenvalue weighted by Crippen LogP contribution is -2.26. The Balaban J connectivity index is 3.32. The van der Waals surface area contributed by atoms with Gasteiger partial charge in [0.1, 0.15) is 0 Å². The summed E-state index contributed by atoms with van der Waals surface area (Å²) in [5.74, 6) is -0.259. The maximum Gasteiger partial charge on any atom is 0.253 e. The topological polar surface area (TPSA) is 89.7 Å². The summed E-state index contributed by atoms with van der Waals surface area (Å²) in [6.07, 6.45) is 0. The van der Waals surface area contributed by atoms with Gasteiger partial charge in [0, 0.05) is 26.3 Å². The summed E-state index contributed by atoms with van der Waals surface area (Å²) in [6.45, 7) is 2.56. The third-order valence-corrected chi connectivity index (χ3v) is 3.57. The first kappa shape index (κ1) is 15.6. The second-order valence-electron chi connectivity index (χ2n) is 4.16. The van der Waals surface area contributed by atoms with Crippen molar-refractivity contribution in [1.29, 1.82) is 0 Å². The van der Waals surface area contributed by atoms with Crippen LogP contribution in [-0.2, 0) is 21.4 Å². The molecule has 7 heteroatoms. The summed E-state index contributed by atoms with van der Waals surface area (Å²) in [7, 11) is -0.728. The van der Waals surface area contributed by atoms with Gasteiger partial charge in [-0.05, 0) is 30.7 Å². The summed E-state index contributed by atoms with van der Waals surface area (Å²) < 4.78 is 27.8. The maximum absolute atomic E-state index is 12.1. The number of ether oxygens (including phenoxy) is 1. The van der Waals surface area contributed by atoms with E-state index in [4.69, 9.17) is 9.88 Å². The lowest BCUT2D eigenvalue weighted by atomic mass is 10.1. The minimum Gasteiger partial charge on any atom is -0.380 e. The van der Waals surface area contributed by atoms with Gasteiger partial charge in [0.05, 0.1) is 11.5 Å². The van der Waals surface area contributed by atoms with Gasteiger partial charge in [-0.3, -0.25) is 4.79 Å². The molecular formula is C12H18N2O4S. The first-order valence-electron chi connectivity index (χ1n) is 5.70. The lowest BCUT2D eigenvalue weighted by molar-refractivity contribution is 0.0802. The van der Waals surface area contributed by atoms with Crippen molar-refractivity contribution < 1.29 is 17.9 Å². The zero-order valence-electron chi connectivity index (χ0n) is 11.2. The molecule has 0 atom stereocenters. The van der Waals surface area contributed by atoms with Gasteiger partial charge in [-0.1, -0.05) is 0 Å². The molecule has 0 aliphatic carbocycles. The fraction of sp³-hybridized carbons (Fsp3) is 0.417. The van der Waals surface area contributed by atoms with Crippen molar-refractivity contribution in [3.8, 4) is 0 Å². The summed E-state index contributed by atoms with van der Waals surface area (Å²) >= 11 is 0. The molecule has 1 rings (SSSR count). The Morgan fingerprint density at radius 3 is 2.47 bits per heavy atom. The number of carbonyl (C=O) groups is 1. The van der Waals surface area contributed by atoms with Crippen LogP contribution >= 0.6 is 0 Å². The van der Waals surface area contributed by atoms with Crippen molar-refractivity contribution in [1.82, 2.24) is 4.90 Å². The van der Waals surface area contributed by atoms with Crippen LogP contribution in [-0.4, -0.2) is 39.9 Å². The van der Waals surface area contributed by atoms with E-state index >= 15 is 0 Å². The molecule has 1 aromatic carbocycles. The van der Waals surface area contributed by atoms with Crippen molar-refractivity contribution in [2.24, 2.45) is 5.14 Å². The second kappa shape index (κ2) is 6.14. The monoisotopic (exact) mass is 286 g/mol. The molecule has 0 bridgehead atoms. The van der Waals surface area contributed by atoms with E-state index in [1.807, 2.05) is 6.92 Å². The van der Waals surface area contributed by atoms with Crippen molar-refractivity contribution >= 4 is 15.9 Å². The number of methoxy groups -OCH3 is 1. The predicted octanol–water partition coefficient (Wildman–Crippen LogP) is 0.572. The molecule has 0 aliphatic rings. The molecule has 0 aliphatic heterocycles. The van der Waals surface area contributed by atoms with E-state index < -0.39 is 10.0 Å². The van der Waals surface area contributed by atoms with Crippen molar-refractivity contribution in [3.63, 3.8) is 0 Å². The molecule has 1 aromatic rings. The third-order valence-electron chi connectivity index (χ3n) is 2.67. The van der Waals surface area contributed by atoms with Crippen LogP contribution < -0.4 is 5.14 Å². The molecule has 6 nitrogen and oxygen atoms in total. The van der Waals surface area contributed by atoms with Gasteiger partial charge in [0.2, 0.25) is 10.0 Å². The molecule has 0 unspecified atom stereocenters. The molecule has 1 amide bonds. The molecule has 0 spiro atoms. The molecule has 2 N–H and O–H groups in total. The number of hydrogen-bond acceptors (Lipinski definition) is 4. The number of benzene rings is 1. The Morgan fingerprint density at radius 1 is 1.37 bits per heavy atom. The van der Waals surface area contributed by atoms with Crippen LogP contribution in [0.1, 0.15) is 22.8 Å². The zero-order valence-corrected chi connectivity index (χ0v) is 12.0. The highest BCUT2D eigenvalue weighted by Crippen LogP contribution is 2.16. The van der Waals surface area contributed by atoms with E-state index in [0.29, 0.717) is 12.1 Å². The van der Waals surface area contributed by atoms with Crippen LogP contribution in [0.25, 0.3) is 0 Å². The number of nitrogens with two attached hydrogens (primary N) is 1. The van der Waals surface area contributed by atoms with Crippen LogP contribution in [0.4, 0.5) is 0 Å². The van der Waals surface area contributed by atoms with Crippen molar-refractivity contribution in [2.45, 2.75) is 18.4 Å². The van der Waals surface area contributed by atoms with E-state index in [1.165, 1.54) is 24.1 Å². The molecule has 0 aromatic heterocycles. The lowest BCUT2D eigenvalue weighted by Gasteiger charge is -2.15. The number of rotatable bonds is 5. The molecule has 0 saturated heterocycles. The SMILES string of the molecule is CCN(C)C(=O)c1cc(COC)cc(S(N)(=O)=O)c1. The van der Waals surface area contributed by atoms with Crippen LogP contribution in [0.3, 0.4) is 0 Å². The van der Waals surface area contributed by atoms with Gasteiger partial charge in [0.15, 0.2) is 0 Å². The van der Waals surface area contributed by atoms with E-state index in [0.717, 1.165) is 0 Å². The third kappa shape index (κ3) is 4.02. The Morgan fingerprint density at radius 2 is 2.00 bits per heavy atom. The fourth-order valence-electron chi connectivity index (χ4n) is 1.56. The molecule has 0 saturated carbocycles. The quantitative estimate of drug-likeness (QED) is 0.857. The van der Waals surface area contributed by atoms with Crippen LogP contribution in [0.5, 0.6) is 0 Å². The van der Waals surface area contributed by atoms with Gasteiger partial charge >= 0.3 is 0 Å². The largest absolute Gasteiger partial charge is 0.380 e. The van der Waals surface area contributed by atoms with Crippen LogP contribution in [0.2, 0.25) is 0 Å². The molecule has 0 fully saturated rings. The van der Waals surface area contributed by atoms with Gasteiger partial charge in [-0.15, -0.1) is 0 Å². The minimum absolute atomic E-state index is 0.0881. The number of amides is 1. The Labute approximate surface area is 113 Å². The smallest absolute Gasteiger partial charge is 0.253 e. The molecule has 0 radical (unpaired) electrons. The molecular weight excluding hydrogens is 268 g/mol. The van der Waals surface area contributed by atoms with Gasteiger partial charge < -0.3 is 9.64 Å². The van der Waals surface area contributed by atoms with Crippen LogP contribution in [0.15, 0.2) is 23.1 Å². The summed E-state index contributed by atoms with van der Waals surface area (Å²) in [6, 6.07) is 4.29. The fourth-order valence-corrected chi connectivity index (χ4v) is 2.17. The number of nitrogens with zero attached hydrogens (tertiary/aromatic N) is 1. The number of carbonyl (C=O) groups excluding carboxylic acids is 1. The highest BCUT2D eigenvalue weighted by Gasteiger charge is 2.16. The summed E-state index contributed by atoms with van der Waals surface area (Å²) in [4.78, 5) is 13.5. The Hall–Kier alpha value is -1.44. The van der Waals surface area contributed by atoms with E-state index in [9.17, 15) is 13.2 Å². The maximum atomic E-state index is 12.1.